The number of hydrogen-bond acceptors (Lipinski definition) is 9. The lowest BCUT2D eigenvalue weighted by Gasteiger charge is -2.10. The summed E-state index contributed by atoms with van der Waals surface area (Å²) in [5.74, 6) is -0.723. The van der Waals surface area contributed by atoms with E-state index in [0.717, 1.165) is 16.0 Å². The normalized spacial score (nSPS) is 10.7. The van der Waals surface area contributed by atoms with E-state index in [1.54, 1.807) is 36.6 Å². The van der Waals surface area contributed by atoms with Crippen LogP contribution in [0.1, 0.15) is 27.8 Å². The highest BCUT2D eigenvalue weighted by molar-refractivity contribution is 7.16. The molecule has 12 heteroatoms. The standard InChI is InChI=1S/C23H18N4O7S/c1-3-34-23(30)19-17-12-35-21(24-20(28)13-4-6-15(7-5-13)27(31)32)18(17)22(29)26(25-19)14-8-10-16(33-2)11-9-14/h4-12H,3H2,1-2H3,(H,24,28). The molecule has 0 atom stereocenters. The number of methoxy groups -OCH3 is 1. The SMILES string of the molecule is CCOC(=O)c1nn(-c2ccc(OC)cc2)c(=O)c2c(NC(=O)c3ccc([N+](=O)[O-])cc3)scc12. The molecule has 0 aliphatic rings. The molecule has 0 unspecified atom stereocenters. The van der Waals surface area contributed by atoms with Crippen LogP contribution < -0.4 is 15.6 Å². The average Bonchev–Trinajstić information content (AvgIpc) is 3.28. The molecule has 2 heterocycles. The first-order chi connectivity index (χ1) is 16.8. The summed E-state index contributed by atoms with van der Waals surface area (Å²) < 4.78 is 11.3. The second-order valence-electron chi connectivity index (χ2n) is 7.10. The van der Waals surface area contributed by atoms with Crippen molar-refractivity contribution in [2.75, 3.05) is 19.0 Å². The van der Waals surface area contributed by atoms with Crippen LogP contribution >= 0.6 is 11.3 Å². The maximum Gasteiger partial charge on any atom is 0.359 e. The number of carbonyl (C=O) groups is 2. The molecule has 2 aromatic heterocycles. The van der Waals surface area contributed by atoms with E-state index in [2.05, 4.69) is 10.4 Å². The van der Waals surface area contributed by atoms with Crippen molar-refractivity contribution in [3.8, 4) is 11.4 Å². The number of thiophene rings is 1. The fourth-order valence-corrected chi connectivity index (χ4v) is 4.23. The van der Waals surface area contributed by atoms with Crippen LogP contribution in [-0.4, -0.2) is 40.3 Å². The third-order valence-electron chi connectivity index (χ3n) is 5.01. The zero-order valence-corrected chi connectivity index (χ0v) is 19.3. The van der Waals surface area contributed by atoms with Crippen LogP contribution in [-0.2, 0) is 4.74 Å². The van der Waals surface area contributed by atoms with Gasteiger partial charge in [-0.05, 0) is 43.3 Å². The molecule has 35 heavy (non-hydrogen) atoms. The molecule has 4 aromatic rings. The summed E-state index contributed by atoms with van der Waals surface area (Å²) in [5, 5.41) is 19.8. The van der Waals surface area contributed by atoms with Crippen molar-refractivity contribution in [1.29, 1.82) is 0 Å². The van der Waals surface area contributed by atoms with Gasteiger partial charge in [0.15, 0.2) is 5.69 Å². The number of fused-ring (bicyclic) bond motifs is 1. The number of aromatic nitrogens is 2. The van der Waals surface area contributed by atoms with Gasteiger partial charge in [0.25, 0.3) is 17.2 Å². The predicted molar refractivity (Wildman–Crippen MR) is 129 cm³/mol. The molecule has 0 aliphatic carbocycles. The van der Waals surface area contributed by atoms with Gasteiger partial charge in [-0.1, -0.05) is 0 Å². The number of carbonyl (C=O) groups excluding carboxylic acids is 2. The molecule has 0 aliphatic heterocycles. The lowest BCUT2D eigenvalue weighted by molar-refractivity contribution is -0.384. The summed E-state index contributed by atoms with van der Waals surface area (Å²) in [5.41, 5.74) is -0.257. The van der Waals surface area contributed by atoms with Crippen molar-refractivity contribution in [3.63, 3.8) is 0 Å². The smallest absolute Gasteiger partial charge is 0.359 e. The minimum Gasteiger partial charge on any atom is -0.497 e. The minimum absolute atomic E-state index is 0.0793. The Hall–Kier alpha value is -4.58. The average molecular weight is 494 g/mol. The summed E-state index contributed by atoms with van der Waals surface area (Å²) in [7, 11) is 1.51. The molecule has 11 nitrogen and oxygen atoms in total. The summed E-state index contributed by atoms with van der Waals surface area (Å²) >= 11 is 1.05. The zero-order valence-electron chi connectivity index (χ0n) is 18.5. The van der Waals surface area contributed by atoms with Crippen molar-refractivity contribution in [1.82, 2.24) is 9.78 Å². The molecule has 1 amide bonds. The maximum absolute atomic E-state index is 13.4. The van der Waals surface area contributed by atoms with E-state index in [1.165, 1.54) is 31.4 Å². The fraction of sp³-hybridized carbons (Fsp3) is 0.130. The van der Waals surface area contributed by atoms with Gasteiger partial charge < -0.3 is 14.8 Å². The van der Waals surface area contributed by atoms with E-state index in [-0.39, 0.29) is 39.3 Å². The number of ether oxygens (including phenoxy) is 2. The van der Waals surface area contributed by atoms with Crippen LogP contribution in [0.2, 0.25) is 0 Å². The van der Waals surface area contributed by atoms with Gasteiger partial charge in [-0.15, -0.1) is 11.3 Å². The number of non-ortho nitro benzene ring substituents is 1. The predicted octanol–water partition coefficient (Wildman–Crippen LogP) is 3.79. The molecule has 4 rings (SSSR count). The van der Waals surface area contributed by atoms with Crippen LogP contribution in [0.25, 0.3) is 16.5 Å². The second kappa shape index (κ2) is 9.73. The summed E-state index contributed by atoms with van der Waals surface area (Å²) in [6.07, 6.45) is 0. The zero-order chi connectivity index (χ0) is 25.1. The summed E-state index contributed by atoms with van der Waals surface area (Å²) in [4.78, 5) is 49.1. The molecule has 0 radical (unpaired) electrons. The van der Waals surface area contributed by atoms with E-state index in [4.69, 9.17) is 9.47 Å². The highest BCUT2D eigenvalue weighted by Gasteiger charge is 2.23. The van der Waals surface area contributed by atoms with Gasteiger partial charge in [0.1, 0.15) is 10.8 Å². The molecular weight excluding hydrogens is 476 g/mol. The Morgan fingerprint density at radius 1 is 1.14 bits per heavy atom. The van der Waals surface area contributed by atoms with Crippen molar-refractivity contribution < 1.29 is 24.0 Å². The Labute approximate surface area is 201 Å². The Bertz CT molecular complexity index is 1490. The number of nitro benzene ring substituents is 1. The molecule has 0 saturated carbocycles. The number of amides is 1. The third kappa shape index (κ3) is 4.59. The molecule has 0 fully saturated rings. The van der Waals surface area contributed by atoms with Gasteiger partial charge in [-0.3, -0.25) is 19.7 Å². The Balaban J connectivity index is 1.82. The minimum atomic E-state index is -0.717. The monoisotopic (exact) mass is 494 g/mol. The van der Waals surface area contributed by atoms with Gasteiger partial charge in [0.05, 0.1) is 29.7 Å². The summed E-state index contributed by atoms with van der Waals surface area (Å²) in [6.45, 7) is 1.76. The van der Waals surface area contributed by atoms with Gasteiger partial charge >= 0.3 is 5.97 Å². The van der Waals surface area contributed by atoms with Crippen LogP contribution in [0, 0.1) is 10.1 Å². The molecule has 2 aromatic carbocycles. The van der Waals surface area contributed by atoms with Crippen LogP contribution in [0.3, 0.4) is 0 Å². The van der Waals surface area contributed by atoms with Crippen LogP contribution in [0.4, 0.5) is 10.7 Å². The number of hydrogen-bond donors (Lipinski definition) is 1. The number of anilines is 1. The first-order valence-corrected chi connectivity index (χ1v) is 11.1. The number of benzene rings is 2. The van der Waals surface area contributed by atoms with Crippen LogP contribution in [0.5, 0.6) is 5.75 Å². The van der Waals surface area contributed by atoms with Crippen LogP contribution in [0.15, 0.2) is 58.7 Å². The molecular formula is C23H18N4O7S. The van der Waals surface area contributed by atoms with E-state index < -0.39 is 22.4 Å². The number of nitro groups is 1. The lowest BCUT2D eigenvalue weighted by atomic mass is 10.2. The Kier molecular flexibility index (Phi) is 6.55. The number of rotatable bonds is 7. The largest absolute Gasteiger partial charge is 0.497 e. The van der Waals surface area contributed by atoms with Crippen molar-refractivity contribution in [3.05, 3.63) is 85.6 Å². The first kappa shape index (κ1) is 23.6. The Morgan fingerprint density at radius 2 is 1.83 bits per heavy atom. The van der Waals surface area contributed by atoms with E-state index in [0.29, 0.717) is 11.4 Å². The number of esters is 1. The number of nitrogens with zero attached hydrogens (tertiary/aromatic N) is 3. The van der Waals surface area contributed by atoms with Crippen molar-refractivity contribution >= 4 is 44.7 Å². The quantitative estimate of drug-likeness (QED) is 0.232. The van der Waals surface area contributed by atoms with E-state index in [9.17, 15) is 24.5 Å². The molecule has 0 bridgehead atoms. The van der Waals surface area contributed by atoms with E-state index >= 15 is 0 Å². The number of nitrogens with one attached hydrogen (secondary N) is 1. The molecule has 0 saturated heterocycles. The fourth-order valence-electron chi connectivity index (χ4n) is 3.30. The van der Waals surface area contributed by atoms with Gasteiger partial charge in [-0.25, -0.2) is 4.79 Å². The molecule has 178 valence electrons. The third-order valence-corrected chi connectivity index (χ3v) is 5.90. The highest BCUT2D eigenvalue weighted by Crippen LogP contribution is 2.31. The van der Waals surface area contributed by atoms with E-state index in [1.807, 2.05) is 0 Å². The Morgan fingerprint density at radius 3 is 2.43 bits per heavy atom. The molecule has 0 spiro atoms. The van der Waals surface area contributed by atoms with Gasteiger partial charge in [0, 0.05) is 28.5 Å². The van der Waals surface area contributed by atoms with Crippen molar-refractivity contribution in [2.45, 2.75) is 6.92 Å². The highest BCUT2D eigenvalue weighted by atomic mass is 32.1. The first-order valence-electron chi connectivity index (χ1n) is 10.3. The lowest BCUT2D eigenvalue weighted by Crippen LogP contribution is -2.25. The molecule has 1 N–H and O–H groups in total. The second-order valence-corrected chi connectivity index (χ2v) is 7.98. The van der Waals surface area contributed by atoms with Gasteiger partial charge in [0.2, 0.25) is 0 Å². The maximum atomic E-state index is 13.4. The summed E-state index contributed by atoms with van der Waals surface area (Å²) in [6, 6.07) is 11.5. The van der Waals surface area contributed by atoms with Gasteiger partial charge in [-0.2, -0.15) is 9.78 Å². The van der Waals surface area contributed by atoms with Crippen molar-refractivity contribution in [2.24, 2.45) is 0 Å². The topological polar surface area (TPSA) is 143 Å².